The number of fused-ring (bicyclic) bond motifs is 1. The maximum absolute atomic E-state index is 12.1. The molecule has 16 heavy (non-hydrogen) atoms. The molecule has 2 nitrogen and oxygen atoms in total. The second-order valence-corrected chi connectivity index (χ2v) is 4.49. The van der Waals surface area contributed by atoms with Crippen molar-refractivity contribution >= 4 is 10.9 Å². The highest BCUT2D eigenvalue weighted by molar-refractivity contribution is 5.79. The van der Waals surface area contributed by atoms with Crippen LogP contribution in [0.4, 0.5) is 0 Å². The topological polar surface area (TPSA) is 22.0 Å². The van der Waals surface area contributed by atoms with E-state index >= 15 is 0 Å². The number of pyridine rings is 1. The Hall–Kier alpha value is -1.57. The zero-order chi connectivity index (χ0) is 11.1. The molecule has 0 aliphatic heterocycles. The number of aromatic nitrogens is 1. The summed E-state index contributed by atoms with van der Waals surface area (Å²) >= 11 is 0. The standard InChI is InChI=1S/C14H15NO/c1-2-10-9-15(11-7-8-11)13-6-4-3-5-12(13)14(10)16/h3-6,9,11H,2,7-8H2,1H3. The molecule has 0 saturated heterocycles. The second-order valence-electron chi connectivity index (χ2n) is 4.49. The van der Waals surface area contributed by atoms with Gasteiger partial charge in [0.2, 0.25) is 0 Å². The highest BCUT2D eigenvalue weighted by Crippen LogP contribution is 2.36. The zero-order valence-corrected chi connectivity index (χ0v) is 9.44. The molecule has 0 amide bonds. The van der Waals surface area contributed by atoms with Gasteiger partial charge in [-0.05, 0) is 31.4 Å². The van der Waals surface area contributed by atoms with E-state index in [9.17, 15) is 4.79 Å². The summed E-state index contributed by atoms with van der Waals surface area (Å²) in [5, 5.41) is 0.869. The first-order chi connectivity index (χ1) is 7.81. The van der Waals surface area contributed by atoms with E-state index in [-0.39, 0.29) is 5.43 Å². The van der Waals surface area contributed by atoms with Crippen LogP contribution < -0.4 is 5.43 Å². The minimum atomic E-state index is 0.204. The van der Waals surface area contributed by atoms with Crippen molar-refractivity contribution in [3.05, 3.63) is 46.2 Å². The molecule has 0 spiro atoms. The molecule has 0 N–H and O–H groups in total. The summed E-state index contributed by atoms with van der Waals surface area (Å²) < 4.78 is 2.29. The minimum absolute atomic E-state index is 0.204. The Kier molecular flexibility index (Phi) is 2.10. The highest BCUT2D eigenvalue weighted by Gasteiger charge is 2.24. The monoisotopic (exact) mass is 213 g/mol. The minimum Gasteiger partial charge on any atom is -0.344 e. The Labute approximate surface area is 94.5 Å². The van der Waals surface area contributed by atoms with Crippen molar-refractivity contribution in [2.24, 2.45) is 0 Å². The lowest BCUT2D eigenvalue weighted by atomic mass is 10.1. The molecule has 0 bridgehead atoms. The van der Waals surface area contributed by atoms with E-state index in [0.717, 1.165) is 22.9 Å². The number of para-hydroxylation sites is 1. The molecule has 3 rings (SSSR count). The summed E-state index contributed by atoms with van der Waals surface area (Å²) in [4.78, 5) is 12.1. The molecule has 0 unspecified atom stereocenters. The Morgan fingerprint density at radius 1 is 1.31 bits per heavy atom. The van der Waals surface area contributed by atoms with E-state index in [1.54, 1.807) is 0 Å². The summed E-state index contributed by atoms with van der Waals surface area (Å²) in [5.41, 5.74) is 2.23. The molecule has 2 aromatic rings. The zero-order valence-electron chi connectivity index (χ0n) is 9.44. The number of benzene rings is 1. The van der Waals surface area contributed by atoms with Crippen LogP contribution >= 0.6 is 0 Å². The Bertz CT molecular complexity index is 593. The maximum Gasteiger partial charge on any atom is 0.192 e. The third-order valence-corrected chi connectivity index (χ3v) is 3.33. The van der Waals surface area contributed by atoms with Crippen LogP contribution in [0.3, 0.4) is 0 Å². The molecule has 1 aromatic heterocycles. The van der Waals surface area contributed by atoms with Crippen LogP contribution in [0.5, 0.6) is 0 Å². The lowest BCUT2D eigenvalue weighted by Gasteiger charge is -2.11. The van der Waals surface area contributed by atoms with E-state index in [4.69, 9.17) is 0 Å². The Morgan fingerprint density at radius 2 is 2.06 bits per heavy atom. The summed E-state index contributed by atoms with van der Waals surface area (Å²) in [7, 11) is 0. The molecular formula is C14H15NO. The maximum atomic E-state index is 12.1. The number of hydrogen-bond acceptors (Lipinski definition) is 1. The third-order valence-electron chi connectivity index (χ3n) is 3.33. The van der Waals surface area contributed by atoms with Gasteiger partial charge in [0.15, 0.2) is 5.43 Å². The van der Waals surface area contributed by atoms with Gasteiger partial charge in [-0.1, -0.05) is 19.1 Å². The molecule has 2 heteroatoms. The van der Waals surface area contributed by atoms with Crippen molar-refractivity contribution in [3.8, 4) is 0 Å². The van der Waals surface area contributed by atoms with E-state index in [1.807, 2.05) is 25.1 Å². The summed E-state index contributed by atoms with van der Waals surface area (Å²) in [6.45, 7) is 2.04. The van der Waals surface area contributed by atoms with Crippen molar-refractivity contribution < 1.29 is 0 Å². The summed E-state index contributed by atoms with van der Waals surface area (Å²) in [6.07, 6.45) is 5.37. The van der Waals surface area contributed by atoms with Gasteiger partial charge in [0, 0.05) is 23.2 Å². The quantitative estimate of drug-likeness (QED) is 0.751. The fourth-order valence-corrected chi connectivity index (χ4v) is 2.27. The third kappa shape index (κ3) is 1.37. The van der Waals surface area contributed by atoms with Gasteiger partial charge in [-0.2, -0.15) is 0 Å². The number of aryl methyl sites for hydroxylation is 1. The molecule has 1 aliphatic rings. The fourth-order valence-electron chi connectivity index (χ4n) is 2.27. The SMILES string of the molecule is CCc1cn(C2CC2)c2ccccc2c1=O. The largest absolute Gasteiger partial charge is 0.344 e. The highest BCUT2D eigenvalue weighted by atomic mass is 16.1. The number of nitrogens with zero attached hydrogens (tertiary/aromatic N) is 1. The average molecular weight is 213 g/mol. The molecule has 1 heterocycles. The predicted molar refractivity (Wildman–Crippen MR) is 65.9 cm³/mol. The van der Waals surface area contributed by atoms with Gasteiger partial charge in [0.25, 0.3) is 0 Å². The van der Waals surface area contributed by atoms with E-state index in [0.29, 0.717) is 6.04 Å². The van der Waals surface area contributed by atoms with Gasteiger partial charge in [0.05, 0.1) is 5.52 Å². The van der Waals surface area contributed by atoms with Crippen LogP contribution in [-0.2, 0) is 6.42 Å². The first-order valence-electron chi connectivity index (χ1n) is 5.94. The van der Waals surface area contributed by atoms with Crippen LogP contribution in [-0.4, -0.2) is 4.57 Å². The first-order valence-corrected chi connectivity index (χ1v) is 5.94. The summed E-state index contributed by atoms with van der Waals surface area (Å²) in [5.74, 6) is 0. The lowest BCUT2D eigenvalue weighted by Crippen LogP contribution is -2.13. The first kappa shape index (κ1) is 9.64. The van der Waals surface area contributed by atoms with Crippen LogP contribution in [0.15, 0.2) is 35.3 Å². The van der Waals surface area contributed by atoms with Crippen LogP contribution in [0, 0.1) is 0 Å². The molecule has 1 aromatic carbocycles. The van der Waals surface area contributed by atoms with Crippen LogP contribution in [0.2, 0.25) is 0 Å². The predicted octanol–water partition coefficient (Wildman–Crippen LogP) is 2.90. The van der Waals surface area contributed by atoms with Crippen molar-refractivity contribution in [3.63, 3.8) is 0 Å². The van der Waals surface area contributed by atoms with Crippen molar-refractivity contribution in [1.29, 1.82) is 0 Å². The number of rotatable bonds is 2. The Balaban J connectivity index is 2.40. The number of hydrogen-bond donors (Lipinski definition) is 0. The van der Waals surface area contributed by atoms with Crippen molar-refractivity contribution in [2.75, 3.05) is 0 Å². The van der Waals surface area contributed by atoms with E-state index < -0.39 is 0 Å². The molecular weight excluding hydrogens is 198 g/mol. The van der Waals surface area contributed by atoms with Gasteiger partial charge in [0.1, 0.15) is 0 Å². The fraction of sp³-hybridized carbons (Fsp3) is 0.357. The van der Waals surface area contributed by atoms with Crippen molar-refractivity contribution in [1.82, 2.24) is 4.57 Å². The van der Waals surface area contributed by atoms with Crippen LogP contribution in [0.25, 0.3) is 10.9 Å². The van der Waals surface area contributed by atoms with Crippen LogP contribution in [0.1, 0.15) is 31.4 Å². The second kappa shape index (κ2) is 3.48. The molecule has 0 radical (unpaired) electrons. The normalized spacial score (nSPS) is 15.6. The van der Waals surface area contributed by atoms with Gasteiger partial charge < -0.3 is 4.57 Å². The average Bonchev–Trinajstić information content (AvgIpc) is 3.14. The van der Waals surface area contributed by atoms with Gasteiger partial charge in [-0.3, -0.25) is 4.79 Å². The lowest BCUT2D eigenvalue weighted by molar-refractivity contribution is 0.757. The van der Waals surface area contributed by atoms with E-state index in [1.165, 1.54) is 12.8 Å². The smallest absolute Gasteiger partial charge is 0.192 e. The summed E-state index contributed by atoms with van der Waals surface area (Å²) in [6, 6.07) is 8.56. The van der Waals surface area contributed by atoms with Crippen molar-refractivity contribution in [2.45, 2.75) is 32.2 Å². The van der Waals surface area contributed by atoms with Gasteiger partial charge in [-0.15, -0.1) is 0 Å². The molecule has 1 fully saturated rings. The van der Waals surface area contributed by atoms with Gasteiger partial charge in [-0.25, -0.2) is 0 Å². The molecule has 1 saturated carbocycles. The molecule has 82 valence electrons. The van der Waals surface area contributed by atoms with Gasteiger partial charge >= 0.3 is 0 Å². The molecule has 0 atom stereocenters. The van der Waals surface area contributed by atoms with E-state index in [2.05, 4.69) is 16.8 Å². The Morgan fingerprint density at radius 3 is 2.75 bits per heavy atom. The molecule has 1 aliphatic carbocycles.